The number of aliphatic carboxylic acids is 1. The van der Waals surface area contributed by atoms with E-state index in [0.717, 1.165) is 12.2 Å². The van der Waals surface area contributed by atoms with Gasteiger partial charge in [-0.15, -0.1) is 11.8 Å². The first kappa shape index (κ1) is 11.5. The molecule has 0 fully saturated rings. The van der Waals surface area contributed by atoms with Gasteiger partial charge in [-0.05, 0) is 36.6 Å². The molecule has 2 unspecified atom stereocenters. The molecule has 16 heavy (non-hydrogen) atoms. The molecule has 0 spiro atoms. The molecule has 2 atom stereocenters. The number of aryl methyl sites for hydroxylation is 1. The summed E-state index contributed by atoms with van der Waals surface area (Å²) >= 11 is 1.84. The Morgan fingerprint density at radius 3 is 3.00 bits per heavy atom. The molecule has 2 rings (SSSR count). The molecular weight excluding hydrogens is 220 g/mol. The van der Waals surface area contributed by atoms with Crippen molar-refractivity contribution in [3.8, 4) is 0 Å². The zero-order chi connectivity index (χ0) is 11.7. The molecule has 1 aromatic rings. The van der Waals surface area contributed by atoms with Crippen LogP contribution in [0.15, 0.2) is 23.1 Å². The summed E-state index contributed by atoms with van der Waals surface area (Å²) < 4.78 is 0. The Kier molecular flexibility index (Phi) is 3.24. The van der Waals surface area contributed by atoms with Crippen molar-refractivity contribution in [2.45, 2.75) is 31.1 Å². The van der Waals surface area contributed by atoms with Crippen LogP contribution in [0.4, 0.5) is 0 Å². The lowest BCUT2D eigenvalue weighted by Gasteiger charge is -2.28. The summed E-state index contributed by atoms with van der Waals surface area (Å²) in [4.78, 5) is 12.3. The third kappa shape index (κ3) is 2.09. The minimum absolute atomic E-state index is 0.175. The van der Waals surface area contributed by atoms with E-state index in [0.29, 0.717) is 0 Å². The molecule has 3 heteroatoms. The molecule has 1 heterocycles. The second kappa shape index (κ2) is 4.50. The van der Waals surface area contributed by atoms with E-state index in [1.165, 1.54) is 16.0 Å². The highest BCUT2D eigenvalue weighted by atomic mass is 32.2. The maximum Gasteiger partial charge on any atom is 0.306 e. The van der Waals surface area contributed by atoms with E-state index in [4.69, 9.17) is 5.11 Å². The summed E-state index contributed by atoms with van der Waals surface area (Å²) in [5, 5.41) is 9.12. The van der Waals surface area contributed by atoms with Crippen molar-refractivity contribution in [2.75, 3.05) is 5.75 Å². The lowest BCUT2D eigenvalue weighted by Crippen LogP contribution is -2.22. The number of thioether (sulfide) groups is 1. The van der Waals surface area contributed by atoms with Crippen molar-refractivity contribution in [1.29, 1.82) is 0 Å². The van der Waals surface area contributed by atoms with Crippen LogP contribution in [0.25, 0.3) is 0 Å². The summed E-state index contributed by atoms with van der Waals surface area (Å²) in [6.45, 7) is 3.87. The molecule has 2 nitrogen and oxygen atoms in total. The lowest BCUT2D eigenvalue weighted by atomic mass is 9.84. The van der Waals surface area contributed by atoms with Crippen LogP contribution in [-0.4, -0.2) is 16.8 Å². The van der Waals surface area contributed by atoms with Gasteiger partial charge in [-0.25, -0.2) is 0 Å². The summed E-state index contributed by atoms with van der Waals surface area (Å²) in [5.74, 6) is 0.220. The maximum absolute atomic E-state index is 11.1. The van der Waals surface area contributed by atoms with Crippen LogP contribution in [0, 0.1) is 12.8 Å². The zero-order valence-electron chi connectivity index (χ0n) is 9.56. The molecule has 0 aromatic heterocycles. The number of fused-ring (bicyclic) bond motifs is 1. The molecule has 0 amide bonds. The minimum Gasteiger partial charge on any atom is -0.481 e. The second-order valence-electron chi connectivity index (χ2n) is 4.41. The Labute approximate surface area is 100 Å². The van der Waals surface area contributed by atoms with Crippen molar-refractivity contribution in [1.82, 2.24) is 0 Å². The molecular formula is C13H16O2S. The highest BCUT2D eigenvalue weighted by Gasteiger charge is 2.29. The fourth-order valence-electron chi connectivity index (χ4n) is 2.23. The number of hydrogen-bond acceptors (Lipinski definition) is 2. The van der Waals surface area contributed by atoms with Crippen LogP contribution in [-0.2, 0) is 4.79 Å². The zero-order valence-corrected chi connectivity index (χ0v) is 10.4. The van der Waals surface area contributed by atoms with E-state index >= 15 is 0 Å². The molecule has 1 aromatic carbocycles. The Morgan fingerprint density at radius 1 is 1.56 bits per heavy atom. The molecule has 0 aliphatic carbocycles. The van der Waals surface area contributed by atoms with Crippen molar-refractivity contribution in [2.24, 2.45) is 5.92 Å². The maximum atomic E-state index is 11.1. The smallest absolute Gasteiger partial charge is 0.306 e. The first-order valence-electron chi connectivity index (χ1n) is 5.55. The number of hydrogen-bond donors (Lipinski definition) is 1. The van der Waals surface area contributed by atoms with E-state index in [1.54, 1.807) is 0 Å². The third-order valence-electron chi connectivity index (χ3n) is 3.24. The largest absolute Gasteiger partial charge is 0.481 e. The van der Waals surface area contributed by atoms with E-state index < -0.39 is 5.97 Å². The molecule has 86 valence electrons. The molecule has 1 aliphatic rings. The van der Waals surface area contributed by atoms with Gasteiger partial charge in [-0.1, -0.05) is 24.6 Å². The standard InChI is InChI=1S/C13H16O2S/c1-8-3-4-12-11(7-8)10(5-6-16-12)9(2)13(14)15/h3-4,7,9-10H,5-6H2,1-2H3,(H,14,15). The fraction of sp³-hybridized carbons (Fsp3) is 0.462. The lowest BCUT2D eigenvalue weighted by molar-refractivity contribution is -0.141. The van der Waals surface area contributed by atoms with E-state index in [-0.39, 0.29) is 11.8 Å². The number of carbonyl (C=O) groups is 1. The van der Waals surface area contributed by atoms with Gasteiger partial charge in [0.1, 0.15) is 0 Å². The molecule has 0 saturated carbocycles. The Bertz CT molecular complexity index is 414. The van der Waals surface area contributed by atoms with Gasteiger partial charge in [0.05, 0.1) is 5.92 Å². The Morgan fingerprint density at radius 2 is 2.31 bits per heavy atom. The van der Waals surface area contributed by atoms with E-state index in [2.05, 4.69) is 25.1 Å². The van der Waals surface area contributed by atoms with Crippen molar-refractivity contribution in [3.63, 3.8) is 0 Å². The van der Waals surface area contributed by atoms with Crippen LogP contribution in [0.1, 0.15) is 30.4 Å². The summed E-state index contributed by atoms with van der Waals surface area (Å²) in [5.41, 5.74) is 2.44. The number of carboxylic acids is 1. The van der Waals surface area contributed by atoms with Gasteiger partial charge in [0, 0.05) is 4.90 Å². The van der Waals surface area contributed by atoms with Gasteiger partial charge < -0.3 is 5.11 Å². The van der Waals surface area contributed by atoms with Crippen LogP contribution in [0.5, 0.6) is 0 Å². The van der Waals surface area contributed by atoms with Gasteiger partial charge in [0.15, 0.2) is 0 Å². The Hall–Kier alpha value is -0.960. The number of rotatable bonds is 2. The highest BCUT2D eigenvalue weighted by Crippen LogP contribution is 2.41. The minimum atomic E-state index is -0.690. The fourth-order valence-corrected chi connectivity index (χ4v) is 3.36. The quantitative estimate of drug-likeness (QED) is 0.856. The molecule has 0 bridgehead atoms. The van der Waals surface area contributed by atoms with Crippen molar-refractivity contribution >= 4 is 17.7 Å². The monoisotopic (exact) mass is 236 g/mol. The van der Waals surface area contributed by atoms with Crippen molar-refractivity contribution in [3.05, 3.63) is 29.3 Å². The van der Waals surface area contributed by atoms with E-state index in [1.807, 2.05) is 18.7 Å². The summed E-state index contributed by atoms with van der Waals surface area (Å²) in [6, 6.07) is 6.36. The Balaban J connectivity index is 2.38. The number of carboxylic acid groups (broad SMARTS) is 1. The van der Waals surface area contributed by atoms with Gasteiger partial charge >= 0.3 is 5.97 Å². The third-order valence-corrected chi connectivity index (χ3v) is 4.37. The van der Waals surface area contributed by atoms with Crippen LogP contribution >= 0.6 is 11.8 Å². The van der Waals surface area contributed by atoms with Crippen LogP contribution < -0.4 is 0 Å². The predicted molar refractivity (Wildman–Crippen MR) is 66.1 cm³/mol. The normalized spacial score (nSPS) is 21.2. The average Bonchev–Trinajstić information content (AvgIpc) is 2.27. The van der Waals surface area contributed by atoms with Gasteiger partial charge in [0.2, 0.25) is 0 Å². The second-order valence-corrected chi connectivity index (χ2v) is 5.55. The summed E-state index contributed by atoms with van der Waals surface area (Å²) in [6.07, 6.45) is 0.967. The molecule has 1 N–H and O–H groups in total. The van der Waals surface area contributed by atoms with Gasteiger partial charge in [-0.3, -0.25) is 4.79 Å². The molecule has 0 radical (unpaired) electrons. The van der Waals surface area contributed by atoms with Crippen molar-refractivity contribution < 1.29 is 9.90 Å². The highest BCUT2D eigenvalue weighted by molar-refractivity contribution is 7.99. The predicted octanol–water partition coefficient (Wildman–Crippen LogP) is 3.30. The SMILES string of the molecule is Cc1ccc2c(c1)C(C(C)C(=O)O)CCS2. The number of benzene rings is 1. The van der Waals surface area contributed by atoms with Crippen LogP contribution in [0.2, 0.25) is 0 Å². The molecule has 1 aliphatic heterocycles. The first-order chi connectivity index (χ1) is 7.59. The molecule has 0 saturated heterocycles. The topological polar surface area (TPSA) is 37.3 Å². The van der Waals surface area contributed by atoms with E-state index in [9.17, 15) is 4.79 Å². The van der Waals surface area contributed by atoms with Crippen LogP contribution in [0.3, 0.4) is 0 Å². The summed E-state index contributed by atoms with van der Waals surface area (Å²) in [7, 11) is 0. The first-order valence-corrected chi connectivity index (χ1v) is 6.54. The van der Waals surface area contributed by atoms with Gasteiger partial charge in [-0.2, -0.15) is 0 Å². The van der Waals surface area contributed by atoms with Gasteiger partial charge in [0.25, 0.3) is 0 Å². The average molecular weight is 236 g/mol.